The van der Waals surface area contributed by atoms with Crippen molar-refractivity contribution in [3.05, 3.63) is 64.7 Å². The third-order valence-corrected chi connectivity index (χ3v) is 4.36. The van der Waals surface area contributed by atoms with Crippen LogP contribution in [0.1, 0.15) is 12.2 Å². The Morgan fingerprint density at radius 3 is 2.71 bits per heavy atom. The summed E-state index contributed by atoms with van der Waals surface area (Å²) in [6.07, 6.45) is 1.25. The summed E-state index contributed by atoms with van der Waals surface area (Å²) < 4.78 is 7.57. The molecule has 0 spiro atoms. The highest BCUT2D eigenvalue weighted by Crippen LogP contribution is 2.19. The van der Waals surface area contributed by atoms with Gasteiger partial charge in [-0.3, -0.25) is 9.36 Å². The molecule has 1 unspecified atom stereocenters. The van der Waals surface area contributed by atoms with Gasteiger partial charge in [-0.2, -0.15) is 0 Å². The van der Waals surface area contributed by atoms with Crippen LogP contribution in [0.4, 0.5) is 0 Å². The number of hydrogen-bond acceptors (Lipinski definition) is 4. The molecule has 1 aliphatic heterocycles. The molecule has 5 nitrogen and oxygen atoms in total. The summed E-state index contributed by atoms with van der Waals surface area (Å²) in [6.45, 7) is 3.73. The fourth-order valence-electron chi connectivity index (χ4n) is 3.14. The summed E-state index contributed by atoms with van der Waals surface area (Å²) >= 11 is 0. The summed E-state index contributed by atoms with van der Waals surface area (Å²) in [5.74, 6) is 1.50. The number of aromatic nitrogens is 2. The molecule has 1 aliphatic rings. The second kappa shape index (κ2) is 6.09. The Labute approximate surface area is 139 Å². The van der Waals surface area contributed by atoms with Crippen LogP contribution in [0.3, 0.4) is 0 Å². The van der Waals surface area contributed by atoms with Crippen LogP contribution in [-0.2, 0) is 0 Å². The molecule has 1 saturated heterocycles. The second-order valence-corrected chi connectivity index (χ2v) is 6.04. The van der Waals surface area contributed by atoms with E-state index in [0.29, 0.717) is 11.2 Å². The fraction of sp³-hybridized carbons (Fsp3) is 0.263. The third kappa shape index (κ3) is 2.67. The maximum Gasteiger partial charge on any atom is 0.265 e. The van der Waals surface area contributed by atoms with Gasteiger partial charge >= 0.3 is 0 Å². The molecular formula is C19H19N3O2. The van der Waals surface area contributed by atoms with E-state index in [1.54, 1.807) is 4.57 Å². The van der Waals surface area contributed by atoms with Crippen LogP contribution in [0.25, 0.3) is 16.6 Å². The topological polar surface area (TPSA) is 56.2 Å². The zero-order valence-electron chi connectivity index (χ0n) is 13.5. The third-order valence-electron chi connectivity index (χ3n) is 4.36. The van der Waals surface area contributed by atoms with Crippen LogP contribution in [0.2, 0.25) is 0 Å². The van der Waals surface area contributed by atoms with Crippen molar-refractivity contribution in [2.75, 3.05) is 13.1 Å². The maximum absolute atomic E-state index is 12.8. The van der Waals surface area contributed by atoms with Crippen LogP contribution in [-0.4, -0.2) is 28.7 Å². The van der Waals surface area contributed by atoms with Gasteiger partial charge in [-0.05, 0) is 56.3 Å². The Balaban J connectivity index is 1.70. The number of para-hydroxylation sites is 1. The molecular weight excluding hydrogens is 302 g/mol. The molecule has 0 aliphatic carbocycles. The van der Waals surface area contributed by atoms with Crippen molar-refractivity contribution in [1.29, 1.82) is 0 Å². The highest BCUT2D eigenvalue weighted by atomic mass is 16.5. The van der Waals surface area contributed by atoms with E-state index < -0.39 is 0 Å². The molecule has 1 atom stereocenters. The molecule has 122 valence electrons. The summed E-state index contributed by atoms with van der Waals surface area (Å²) in [5.41, 5.74) is 1.48. The number of rotatable bonds is 3. The first kappa shape index (κ1) is 14.9. The van der Waals surface area contributed by atoms with Gasteiger partial charge in [0.05, 0.1) is 16.6 Å². The van der Waals surface area contributed by atoms with Crippen molar-refractivity contribution in [2.24, 2.45) is 0 Å². The van der Waals surface area contributed by atoms with Crippen molar-refractivity contribution < 1.29 is 4.74 Å². The van der Waals surface area contributed by atoms with Crippen molar-refractivity contribution in [1.82, 2.24) is 14.9 Å². The lowest BCUT2D eigenvalue weighted by Crippen LogP contribution is -2.22. The van der Waals surface area contributed by atoms with Gasteiger partial charge in [0.1, 0.15) is 17.7 Å². The number of ether oxygens (including phenoxy) is 1. The van der Waals surface area contributed by atoms with Crippen molar-refractivity contribution in [3.63, 3.8) is 0 Å². The van der Waals surface area contributed by atoms with Gasteiger partial charge in [0.2, 0.25) is 0 Å². The molecule has 0 saturated carbocycles. The first-order valence-corrected chi connectivity index (χ1v) is 8.18. The molecule has 4 rings (SSSR count). The molecule has 1 fully saturated rings. The predicted octanol–water partition coefficient (Wildman–Crippen LogP) is 2.43. The van der Waals surface area contributed by atoms with Gasteiger partial charge in [0, 0.05) is 6.54 Å². The van der Waals surface area contributed by atoms with Crippen LogP contribution in [0.15, 0.2) is 53.3 Å². The fourth-order valence-corrected chi connectivity index (χ4v) is 3.14. The number of benzene rings is 2. The monoisotopic (exact) mass is 321 g/mol. The highest BCUT2D eigenvalue weighted by molar-refractivity contribution is 5.77. The van der Waals surface area contributed by atoms with Crippen molar-refractivity contribution >= 4 is 10.9 Å². The van der Waals surface area contributed by atoms with Crippen molar-refractivity contribution in [3.8, 4) is 11.4 Å². The molecule has 0 bridgehead atoms. The molecule has 2 heterocycles. The summed E-state index contributed by atoms with van der Waals surface area (Å²) in [4.78, 5) is 17.3. The van der Waals surface area contributed by atoms with Crippen LogP contribution in [0, 0.1) is 6.92 Å². The molecule has 0 amide bonds. The van der Waals surface area contributed by atoms with Gasteiger partial charge in [0.25, 0.3) is 5.56 Å². The molecule has 1 N–H and O–H groups in total. The standard InChI is InChI=1S/C19H19N3O2/c1-13-21-18-5-3-2-4-17(18)19(23)22(13)14-6-8-15(9-7-14)24-16-10-11-20-12-16/h2-9,16,20H,10-12H2,1H3. The first-order chi connectivity index (χ1) is 11.7. The van der Waals surface area contributed by atoms with Gasteiger partial charge < -0.3 is 10.1 Å². The first-order valence-electron chi connectivity index (χ1n) is 8.18. The van der Waals surface area contributed by atoms with E-state index in [4.69, 9.17) is 4.74 Å². The largest absolute Gasteiger partial charge is 0.489 e. The highest BCUT2D eigenvalue weighted by Gasteiger charge is 2.16. The average molecular weight is 321 g/mol. The summed E-state index contributed by atoms with van der Waals surface area (Å²) in [6, 6.07) is 15.1. The molecule has 3 aromatic rings. The van der Waals surface area contributed by atoms with Gasteiger partial charge in [0.15, 0.2) is 0 Å². The van der Waals surface area contributed by atoms with E-state index >= 15 is 0 Å². The van der Waals surface area contributed by atoms with Crippen LogP contribution in [0.5, 0.6) is 5.75 Å². The van der Waals surface area contributed by atoms with Gasteiger partial charge in [-0.15, -0.1) is 0 Å². The molecule has 0 radical (unpaired) electrons. The SMILES string of the molecule is Cc1nc2ccccc2c(=O)n1-c1ccc(OC2CCNC2)cc1. The quantitative estimate of drug-likeness (QED) is 0.805. The van der Waals surface area contributed by atoms with Gasteiger partial charge in [-0.1, -0.05) is 12.1 Å². The minimum Gasteiger partial charge on any atom is -0.489 e. The Morgan fingerprint density at radius 1 is 1.17 bits per heavy atom. The minimum absolute atomic E-state index is 0.0493. The molecule has 24 heavy (non-hydrogen) atoms. The van der Waals surface area contributed by atoms with Crippen LogP contribution < -0.4 is 15.6 Å². The average Bonchev–Trinajstić information content (AvgIpc) is 3.09. The van der Waals surface area contributed by atoms with E-state index in [-0.39, 0.29) is 11.7 Å². The number of fused-ring (bicyclic) bond motifs is 1. The lowest BCUT2D eigenvalue weighted by Gasteiger charge is -2.14. The lowest BCUT2D eigenvalue weighted by molar-refractivity contribution is 0.223. The maximum atomic E-state index is 12.8. The molecule has 5 heteroatoms. The number of nitrogens with zero attached hydrogens (tertiary/aromatic N) is 2. The molecule has 1 aromatic heterocycles. The van der Waals surface area contributed by atoms with Crippen molar-refractivity contribution in [2.45, 2.75) is 19.4 Å². The van der Waals surface area contributed by atoms with E-state index in [1.807, 2.05) is 55.5 Å². The number of hydrogen-bond donors (Lipinski definition) is 1. The van der Waals surface area contributed by atoms with E-state index in [9.17, 15) is 4.79 Å². The zero-order chi connectivity index (χ0) is 16.5. The molecule has 2 aromatic carbocycles. The number of aryl methyl sites for hydroxylation is 1. The Hall–Kier alpha value is -2.66. The summed E-state index contributed by atoms with van der Waals surface area (Å²) in [7, 11) is 0. The lowest BCUT2D eigenvalue weighted by atomic mass is 10.2. The Morgan fingerprint density at radius 2 is 1.96 bits per heavy atom. The zero-order valence-corrected chi connectivity index (χ0v) is 13.5. The predicted molar refractivity (Wildman–Crippen MR) is 94.0 cm³/mol. The van der Waals surface area contributed by atoms with Gasteiger partial charge in [-0.25, -0.2) is 4.98 Å². The van der Waals surface area contributed by atoms with E-state index in [2.05, 4.69) is 10.3 Å². The van der Waals surface area contributed by atoms with Crippen LogP contribution >= 0.6 is 0 Å². The summed E-state index contributed by atoms with van der Waals surface area (Å²) in [5, 5.41) is 3.91. The number of nitrogens with one attached hydrogen (secondary N) is 1. The van der Waals surface area contributed by atoms with E-state index in [0.717, 1.165) is 36.5 Å². The van der Waals surface area contributed by atoms with E-state index in [1.165, 1.54) is 0 Å². The minimum atomic E-state index is -0.0493. The normalized spacial score (nSPS) is 17.3. The Bertz CT molecular complexity index is 925. The smallest absolute Gasteiger partial charge is 0.265 e. The Kier molecular flexibility index (Phi) is 3.78. The second-order valence-electron chi connectivity index (χ2n) is 6.04.